The maximum absolute atomic E-state index is 17.5. The molecule has 0 aliphatic heterocycles. The average Bonchev–Trinajstić information content (AvgIpc) is 3.90. The third kappa shape index (κ3) is 10.4. The van der Waals surface area contributed by atoms with E-state index in [2.05, 4.69) is 20.6 Å². The molecule has 2 amide bonds. The maximum atomic E-state index is 17.5. The fraction of sp³-hybridized carbons (Fsp3) is 0.531. The summed E-state index contributed by atoms with van der Waals surface area (Å²) in [7, 11) is 3.95. The number of thiophene rings is 1. The number of aromatic nitrogens is 2. The lowest BCUT2D eigenvalue weighted by Gasteiger charge is -2.62. The van der Waals surface area contributed by atoms with Gasteiger partial charge in [0.15, 0.2) is 18.1 Å². The highest BCUT2D eigenvalue weighted by Gasteiger charge is 2.75. The summed E-state index contributed by atoms with van der Waals surface area (Å²) in [5, 5.41) is 49.2. The summed E-state index contributed by atoms with van der Waals surface area (Å²) in [6.07, 6.45) is 1.53. The van der Waals surface area contributed by atoms with Gasteiger partial charge in [0.25, 0.3) is 11.5 Å². The van der Waals surface area contributed by atoms with Crippen molar-refractivity contribution >= 4 is 90.3 Å². The van der Waals surface area contributed by atoms with Crippen LogP contribution in [0.4, 0.5) is 14.2 Å². The molecule has 19 nitrogen and oxygen atoms in total. The molecule has 23 heteroatoms. The number of H-pyrrole nitrogens is 1. The van der Waals surface area contributed by atoms with Gasteiger partial charge in [0, 0.05) is 48.3 Å². The number of benzene rings is 1. The molecule has 2 aromatic heterocycles. The van der Waals surface area contributed by atoms with Gasteiger partial charge in [-0.05, 0) is 99.8 Å². The molecule has 4 aliphatic carbocycles. The first-order valence-electron chi connectivity index (χ1n) is 23.4. The van der Waals surface area contributed by atoms with Crippen molar-refractivity contribution in [3.63, 3.8) is 0 Å². The monoisotopic (exact) mass is 1060 g/mol. The Bertz CT molecular complexity index is 2790. The molecule has 7 rings (SSSR count). The van der Waals surface area contributed by atoms with Gasteiger partial charge in [-0.3, -0.25) is 24.0 Å². The molecule has 7 N–H and O–H groups in total. The number of aromatic amines is 1. The summed E-state index contributed by atoms with van der Waals surface area (Å²) in [5.74, 6) is -6.63. The summed E-state index contributed by atoms with van der Waals surface area (Å²) in [4.78, 5) is 110. The van der Waals surface area contributed by atoms with Crippen LogP contribution in [0, 0.1) is 35.5 Å². The fourth-order valence-corrected chi connectivity index (χ4v) is 14.2. The van der Waals surface area contributed by atoms with Gasteiger partial charge < -0.3 is 50.4 Å². The number of hydrogen-bond donors (Lipinski definition) is 7. The van der Waals surface area contributed by atoms with E-state index in [-0.39, 0.29) is 53.6 Å². The number of ketones is 2. The van der Waals surface area contributed by atoms with Crippen molar-refractivity contribution in [3.05, 3.63) is 80.8 Å². The number of carboxylic acids is 2. The van der Waals surface area contributed by atoms with Gasteiger partial charge in [-0.15, -0.1) is 11.3 Å². The minimum Gasteiger partial charge on any atom is -0.480 e. The SMILES string of the molecule is Cc1nc(=O)c2cc(CN(C)c3ccc(C(=O)N[C@@H](CCC(=O)NC(CSSCCOC(=O)OCC(=O)C4(O)C(C)CC5C6CCC7=CC(=O)C=CC7(C)[C@@]6(F)C(O)CC54C)C(=O)O)C(=O)O)s3)ccc2[nH]1. The lowest BCUT2D eigenvalue weighted by Crippen LogP contribution is -2.69. The van der Waals surface area contributed by atoms with Gasteiger partial charge in [-0.25, -0.2) is 18.8 Å². The summed E-state index contributed by atoms with van der Waals surface area (Å²) >= 11 is 1.11. The number of nitrogens with zero attached hydrogens (tertiary/aromatic N) is 2. The first-order valence-corrected chi connectivity index (χ1v) is 26.7. The first-order chi connectivity index (χ1) is 33.9. The van der Waals surface area contributed by atoms with E-state index < -0.39 is 107 Å². The molecule has 3 fully saturated rings. The van der Waals surface area contributed by atoms with E-state index in [1.165, 1.54) is 24.3 Å². The number of ether oxygens (including phenoxy) is 2. The zero-order valence-corrected chi connectivity index (χ0v) is 42.7. The highest BCUT2D eigenvalue weighted by molar-refractivity contribution is 8.76. The zero-order valence-electron chi connectivity index (χ0n) is 40.2. The Morgan fingerprint density at radius 3 is 2.49 bits per heavy atom. The number of hydrogen-bond acceptors (Lipinski definition) is 17. The molecule has 72 heavy (non-hydrogen) atoms. The van der Waals surface area contributed by atoms with Crippen LogP contribution < -0.4 is 21.1 Å². The molecule has 3 aromatic rings. The summed E-state index contributed by atoms with van der Waals surface area (Å²) in [6, 6.07) is 5.79. The largest absolute Gasteiger partial charge is 0.508 e. The van der Waals surface area contributed by atoms with Crippen molar-refractivity contribution in [2.24, 2.45) is 28.6 Å². The van der Waals surface area contributed by atoms with E-state index in [1.54, 1.807) is 52.9 Å². The number of alkyl halides is 1. The van der Waals surface area contributed by atoms with Crippen LogP contribution in [0.15, 0.2) is 58.9 Å². The number of fused-ring (bicyclic) bond motifs is 6. The number of anilines is 1. The molecular formula is C49H58FN5O14S3. The third-order valence-electron chi connectivity index (χ3n) is 15.1. The van der Waals surface area contributed by atoms with Crippen molar-refractivity contribution < 1.29 is 67.9 Å². The van der Waals surface area contributed by atoms with Gasteiger partial charge in [-0.1, -0.05) is 53.2 Å². The first kappa shape index (κ1) is 54.2. The number of carboxylic acid groups (broad SMARTS) is 2. The molecular weight excluding hydrogens is 998 g/mol. The van der Waals surface area contributed by atoms with Crippen molar-refractivity contribution in [1.29, 1.82) is 0 Å². The van der Waals surface area contributed by atoms with Crippen molar-refractivity contribution in [2.75, 3.05) is 36.7 Å². The average molecular weight is 1060 g/mol. The summed E-state index contributed by atoms with van der Waals surface area (Å²) in [6.45, 7) is 6.06. The Balaban J connectivity index is 0.811. The predicted molar refractivity (Wildman–Crippen MR) is 266 cm³/mol. The van der Waals surface area contributed by atoms with Crippen LogP contribution in [-0.2, 0) is 40.0 Å². The molecule has 388 valence electrons. The third-order valence-corrected chi connectivity index (χ3v) is 18.7. The van der Waals surface area contributed by atoms with Gasteiger partial charge in [0.1, 0.15) is 30.1 Å². The maximum Gasteiger partial charge on any atom is 0.508 e. The lowest BCUT2D eigenvalue weighted by atomic mass is 9.44. The predicted octanol–water partition coefficient (Wildman–Crippen LogP) is 4.91. The number of halogens is 1. The molecule has 1 aromatic carbocycles. The normalized spacial score (nSPS) is 28.1. The Morgan fingerprint density at radius 1 is 1.03 bits per heavy atom. The highest BCUT2D eigenvalue weighted by Crippen LogP contribution is 2.70. The number of aliphatic hydroxyl groups excluding tert-OH is 1. The molecule has 0 saturated heterocycles. The Labute approximate surface area is 425 Å². The number of carbonyl (C=O) groups excluding carboxylic acids is 5. The molecule has 10 atom stereocenters. The fourth-order valence-electron chi connectivity index (χ4n) is 11.4. The number of carbonyl (C=O) groups is 7. The minimum absolute atomic E-state index is 0.127. The second-order valence-corrected chi connectivity index (χ2v) is 23.1. The summed E-state index contributed by atoms with van der Waals surface area (Å²) in [5.41, 5.74) is -4.98. The number of allylic oxidation sites excluding steroid dienone is 4. The number of aliphatic hydroxyl groups is 2. The Hall–Kier alpha value is -5.62. The standard InChI is InChI=1S/C49H58FN5O14S3/c1-25-18-32-31-8-7-28-20-29(56)14-15-46(28,3)48(31,50)37(57)21-47(32,4)49(25,67)38(58)23-69-45(66)68-16-17-70-71-24-35(44(64)65)53-39(59)12-10-34(43(62)63)54-42(61)36-11-13-40(72-36)55(5)22-27-6-9-33-30(19-27)41(60)52-26(2)51-33/h6,9,11,13-15,19-20,25,31-32,34-35,37,57,67H,7-8,10,12,16-18,21-24H2,1-5H3,(H,53,59)(H,54,61)(H,62,63)(H,64,65)(H,51,52,60)/t25?,31?,32?,34-,35?,37?,46?,47?,48-,49?/m0/s1. The van der Waals surface area contributed by atoms with Gasteiger partial charge in [0.2, 0.25) is 11.7 Å². The Morgan fingerprint density at radius 2 is 1.76 bits per heavy atom. The van der Waals surface area contributed by atoms with E-state index in [0.29, 0.717) is 46.7 Å². The van der Waals surface area contributed by atoms with Crippen LogP contribution in [0.1, 0.15) is 80.4 Å². The molecule has 2 heterocycles. The van der Waals surface area contributed by atoms with Gasteiger partial charge in [-0.2, -0.15) is 4.98 Å². The molecule has 4 aliphatic rings. The second kappa shape index (κ2) is 21.5. The second-order valence-electron chi connectivity index (χ2n) is 19.4. The van der Waals surface area contributed by atoms with E-state index in [0.717, 1.165) is 38.5 Å². The van der Waals surface area contributed by atoms with Crippen LogP contribution in [0.3, 0.4) is 0 Å². The number of Topliss-reactive ketones (excluding diaryl/α,β-unsaturated/α-hetero) is 1. The van der Waals surface area contributed by atoms with Crippen LogP contribution >= 0.6 is 32.9 Å². The topological polar surface area (TPSA) is 292 Å². The molecule has 0 bridgehead atoms. The van der Waals surface area contributed by atoms with Crippen LogP contribution in [-0.4, -0.2) is 133 Å². The number of amides is 2. The molecule has 3 saturated carbocycles. The molecule has 0 radical (unpaired) electrons. The van der Waals surface area contributed by atoms with Gasteiger partial charge in [0.05, 0.1) is 26.9 Å². The van der Waals surface area contributed by atoms with Crippen LogP contribution in [0.5, 0.6) is 0 Å². The van der Waals surface area contributed by atoms with Crippen molar-refractivity contribution in [1.82, 2.24) is 20.6 Å². The van der Waals surface area contributed by atoms with E-state index in [9.17, 15) is 58.8 Å². The number of aliphatic carboxylic acids is 2. The van der Waals surface area contributed by atoms with Crippen LogP contribution in [0.2, 0.25) is 0 Å². The quantitative estimate of drug-likeness (QED) is 0.0449. The molecule has 8 unspecified atom stereocenters. The Kier molecular flexibility index (Phi) is 16.1. The number of rotatable bonds is 20. The van der Waals surface area contributed by atoms with Crippen molar-refractivity contribution in [3.8, 4) is 0 Å². The van der Waals surface area contributed by atoms with E-state index in [4.69, 9.17) is 9.47 Å². The van der Waals surface area contributed by atoms with Crippen LogP contribution in [0.25, 0.3) is 10.9 Å². The van der Waals surface area contributed by atoms with Crippen molar-refractivity contribution in [2.45, 2.75) is 102 Å². The summed E-state index contributed by atoms with van der Waals surface area (Å²) < 4.78 is 27.7. The number of nitrogens with one attached hydrogen (secondary N) is 3. The minimum atomic E-state index is -2.15. The smallest absolute Gasteiger partial charge is 0.480 e. The van der Waals surface area contributed by atoms with Gasteiger partial charge >= 0.3 is 18.1 Å². The van der Waals surface area contributed by atoms with E-state index in [1.807, 2.05) is 11.0 Å². The number of aryl methyl sites for hydroxylation is 1. The molecule has 0 spiro atoms. The van der Waals surface area contributed by atoms with E-state index >= 15 is 4.39 Å². The lowest BCUT2D eigenvalue weighted by molar-refractivity contribution is -0.219. The zero-order chi connectivity index (χ0) is 52.5. The highest BCUT2D eigenvalue weighted by atomic mass is 33.1.